The van der Waals surface area contributed by atoms with E-state index in [0.717, 1.165) is 33.1 Å². The highest BCUT2D eigenvalue weighted by atomic mass is 32.2. The Balaban J connectivity index is 1.50. The summed E-state index contributed by atoms with van der Waals surface area (Å²) in [6.07, 6.45) is 1.78. The Morgan fingerprint density at radius 2 is 1.42 bits per heavy atom. The van der Waals surface area contributed by atoms with Crippen molar-refractivity contribution in [3.05, 3.63) is 114 Å². The molecule has 5 aromatic rings. The van der Waals surface area contributed by atoms with Gasteiger partial charge in [0.25, 0.3) is 0 Å². The van der Waals surface area contributed by atoms with Crippen LogP contribution in [-0.2, 0) is 5.41 Å². The Labute approximate surface area is 214 Å². The number of hydrogen-bond donors (Lipinski definition) is 0. The average molecular weight is 483 g/mol. The van der Waals surface area contributed by atoms with E-state index in [1.165, 1.54) is 16.0 Å². The Bertz CT molecular complexity index is 1580. The molecule has 0 spiro atoms. The Kier molecular flexibility index (Phi) is 5.40. The molecule has 0 radical (unpaired) electrons. The van der Waals surface area contributed by atoms with Crippen LogP contribution in [0.3, 0.4) is 0 Å². The van der Waals surface area contributed by atoms with Crippen molar-refractivity contribution in [3.63, 3.8) is 0 Å². The van der Waals surface area contributed by atoms with Crippen molar-refractivity contribution < 1.29 is 0 Å². The largest absolute Gasteiger partial charge is 0.255 e. The van der Waals surface area contributed by atoms with Gasteiger partial charge in [0.15, 0.2) is 5.82 Å². The van der Waals surface area contributed by atoms with Crippen LogP contribution in [0, 0.1) is 11.3 Å². The molecule has 1 aliphatic rings. The van der Waals surface area contributed by atoms with Crippen molar-refractivity contribution >= 4 is 11.8 Å². The summed E-state index contributed by atoms with van der Waals surface area (Å²) in [5, 5.41) is 9.42. The number of fused-ring (bicyclic) bond motifs is 2. The molecule has 0 aliphatic carbocycles. The summed E-state index contributed by atoms with van der Waals surface area (Å²) in [7, 11) is 0. The zero-order chi connectivity index (χ0) is 24.7. The summed E-state index contributed by atoms with van der Waals surface area (Å²) in [6, 6.07) is 32.7. The van der Waals surface area contributed by atoms with Gasteiger partial charge < -0.3 is 0 Å². The van der Waals surface area contributed by atoms with Gasteiger partial charge in [-0.2, -0.15) is 5.26 Å². The number of rotatable bonds is 3. The van der Waals surface area contributed by atoms with Crippen LogP contribution in [0.4, 0.5) is 0 Å². The molecule has 2 aromatic heterocycles. The topological polar surface area (TPSA) is 62.5 Å². The number of pyridine rings is 1. The molecule has 0 bridgehead atoms. The number of aromatic nitrogens is 3. The molecule has 5 heteroatoms. The van der Waals surface area contributed by atoms with E-state index in [1.807, 2.05) is 66.7 Å². The molecular formula is C31H22N4S. The molecule has 3 aromatic carbocycles. The third-order valence-corrected chi connectivity index (χ3v) is 7.76. The zero-order valence-electron chi connectivity index (χ0n) is 19.9. The standard InChI is InChI=1S/C31H22N4S/c1-31(2)23-13-11-20(19-32)16-28(23)36-29-17-22(12-14-24(29)31)26-18-27(25-10-6-7-15-33-25)35-30(34-26)21-8-4-3-5-9-21/h3-18H,1-2H3. The average Bonchev–Trinajstić information content (AvgIpc) is 2.93. The third-order valence-electron chi connectivity index (χ3n) is 6.64. The van der Waals surface area contributed by atoms with E-state index in [0.29, 0.717) is 11.4 Å². The van der Waals surface area contributed by atoms with Crippen LogP contribution in [0.15, 0.2) is 107 Å². The van der Waals surface area contributed by atoms with E-state index < -0.39 is 0 Å². The molecule has 0 amide bonds. The predicted octanol–water partition coefficient (Wildman–Crippen LogP) is 7.53. The molecule has 36 heavy (non-hydrogen) atoms. The lowest BCUT2D eigenvalue weighted by atomic mass is 9.77. The van der Waals surface area contributed by atoms with Crippen molar-refractivity contribution in [1.82, 2.24) is 15.0 Å². The maximum Gasteiger partial charge on any atom is 0.160 e. The lowest BCUT2D eigenvalue weighted by Gasteiger charge is -2.34. The molecule has 3 heterocycles. The lowest BCUT2D eigenvalue weighted by Crippen LogP contribution is -2.23. The second-order valence-corrected chi connectivity index (χ2v) is 10.4. The van der Waals surface area contributed by atoms with E-state index in [-0.39, 0.29) is 5.41 Å². The SMILES string of the molecule is CC1(C)c2ccc(C#N)cc2Sc2cc(-c3cc(-c4ccccn4)nc(-c4ccccc4)n3)ccc21. The maximum atomic E-state index is 9.42. The third kappa shape index (κ3) is 3.86. The maximum absolute atomic E-state index is 9.42. The summed E-state index contributed by atoms with van der Waals surface area (Å²) in [5.74, 6) is 0.670. The molecule has 0 unspecified atom stereocenters. The smallest absolute Gasteiger partial charge is 0.160 e. The van der Waals surface area contributed by atoms with E-state index in [9.17, 15) is 5.26 Å². The molecule has 0 saturated carbocycles. The minimum atomic E-state index is -0.164. The summed E-state index contributed by atoms with van der Waals surface area (Å²) < 4.78 is 0. The van der Waals surface area contributed by atoms with Crippen LogP contribution in [0.5, 0.6) is 0 Å². The van der Waals surface area contributed by atoms with Crippen molar-refractivity contribution in [1.29, 1.82) is 5.26 Å². The first-order valence-corrected chi connectivity index (χ1v) is 12.6. The van der Waals surface area contributed by atoms with Crippen LogP contribution in [0.1, 0.15) is 30.5 Å². The molecule has 1 aliphatic heterocycles. The number of benzene rings is 3. The highest BCUT2D eigenvalue weighted by Gasteiger charge is 2.33. The molecular weight excluding hydrogens is 460 g/mol. The van der Waals surface area contributed by atoms with Gasteiger partial charge >= 0.3 is 0 Å². The van der Waals surface area contributed by atoms with E-state index in [1.54, 1.807) is 18.0 Å². The molecule has 172 valence electrons. The van der Waals surface area contributed by atoms with E-state index >= 15 is 0 Å². The second-order valence-electron chi connectivity index (χ2n) is 9.30. The second kappa shape index (κ2) is 8.75. The van der Waals surface area contributed by atoms with Gasteiger partial charge in [0, 0.05) is 32.5 Å². The lowest BCUT2D eigenvalue weighted by molar-refractivity contribution is 0.607. The fraction of sp³-hybridized carbons (Fsp3) is 0.0968. The van der Waals surface area contributed by atoms with Crippen molar-refractivity contribution in [2.24, 2.45) is 0 Å². The van der Waals surface area contributed by atoms with Crippen molar-refractivity contribution in [2.45, 2.75) is 29.1 Å². The number of hydrogen-bond acceptors (Lipinski definition) is 5. The van der Waals surface area contributed by atoms with Gasteiger partial charge in [-0.1, -0.05) is 80.2 Å². The molecule has 4 nitrogen and oxygen atoms in total. The van der Waals surface area contributed by atoms with Gasteiger partial charge in [-0.15, -0.1) is 0 Å². The Morgan fingerprint density at radius 1 is 0.694 bits per heavy atom. The van der Waals surface area contributed by atoms with Gasteiger partial charge in [0.05, 0.1) is 28.7 Å². The zero-order valence-corrected chi connectivity index (χ0v) is 20.8. The van der Waals surface area contributed by atoms with Crippen LogP contribution >= 0.6 is 11.8 Å². The van der Waals surface area contributed by atoms with Crippen molar-refractivity contribution in [2.75, 3.05) is 0 Å². The fourth-order valence-electron chi connectivity index (χ4n) is 4.70. The molecule has 0 atom stereocenters. The number of nitrogens with zero attached hydrogens (tertiary/aromatic N) is 4. The quantitative estimate of drug-likeness (QED) is 0.266. The van der Waals surface area contributed by atoms with Gasteiger partial charge in [-0.3, -0.25) is 4.98 Å². The first kappa shape index (κ1) is 22.2. The van der Waals surface area contributed by atoms with Gasteiger partial charge in [-0.05, 0) is 47.5 Å². The summed E-state index contributed by atoms with van der Waals surface area (Å²) in [5.41, 5.74) is 7.47. The van der Waals surface area contributed by atoms with Crippen molar-refractivity contribution in [3.8, 4) is 40.1 Å². The monoisotopic (exact) mass is 482 g/mol. The van der Waals surface area contributed by atoms with Gasteiger partial charge in [0.1, 0.15) is 0 Å². The van der Waals surface area contributed by atoms with Crippen LogP contribution in [0.25, 0.3) is 34.0 Å². The van der Waals surface area contributed by atoms with Crippen LogP contribution < -0.4 is 0 Å². The number of nitriles is 1. The summed E-state index contributed by atoms with van der Waals surface area (Å²) >= 11 is 1.72. The predicted molar refractivity (Wildman–Crippen MR) is 144 cm³/mol. The summed E-state index contributed by atoms with van der Waals surface area (Å²) in [4.78, 5) is 16.7. The minimum Gasteiger partial charge on any atom is -0.255 e. The molecule has 0 N–H and O–H groups in total. The molecule has 6 rings (SSSR count). The normalized spacial score (nSPS) is 13.4. The first-order valence-electron chi connectivity index (χ1n) is 11.8. The minimum absolute atomic E-state index is 0.164. The van der Waals surface area contributed by atoms with E-state index in [4.69, 9.17) is 9.97 Å². The van der Waals surface area contributed by atoms with E-state index in [2.05, 4.69) is 49.2 Å². The Hall–Kier alpha value is -4.27. The van der Waals surface area contributed by atoms with Gasteiger partial charge in [-0.25, -0.2) is 9.97 Å². The van der Waals surface area contributed by atoms with Crippen LogP contribution in [-0.4, -0.2) is 15.0 Å². The Morgan fingerprint density at radius 3 is 2.17 bits per heavy atom. The summed E-state index contributed by atoms with van der Waals surface area (Å²) in [6.45, 7) is 4.49. The fourth-order valence-corrected chi connectivity index (χ4v) is 6.17. The molecule has 0 saturated heterocycles. The molecule has 0 fully saturated rings. The highest BCUT2D eigenvalue weighted by molar-refractivity contribution is 7.99. The highest BCUT2D eigenvalue weighted by Crippen LogP contribution is 2.50. The van der Waals surface area contributed by atoms with Gasteiger partial charge in [0.2, 0.25) is 0 Å². The first-order chi connectivity index (χ1) is 17.5. The van der Waals surface area contributed by atoms with Crippen LogP contribution in [0.2, 0.25) is 0 Å².